The molecule has 1 aliphatic carbocycles. The van der Waals surface area contributed by atoms with Crippen LogP contribution in [0.15, 0.2) is 71.4 Å². The Labute approximate surface area is 266 Å². The van der Waals surface area contributed by atoms with Crippen LogP contribution in [-0.2, 0) is 14.3 Å². The second kappa shape index (κ2) is 19.8. The van der Waals surface area contributed by atoms with Gasteiger partial charge in [0.1, 0.15) is 12.2 Å². The van der Waals surface area contributed by atoms with Crippen LogP contribution in [-0.4, -0.2) is 79.2 Å². The highest BCUT2D eigenvalue weighted by Crippen LogP contribution is 2.27. The Bertz CT molecular complexity index is 1080. The van der Waals surface area contributed by atoms with Crippen molar-refractivity contribution in [3.63, 3.8) is 0 Å². The topological polar surface area (TPSA) is 165 Å². The first kappa shape index (κ1) is 39.5. The first-order valence-corrected chi connectivity index (χ1v) is 15.5. The molecule has 1 fully saturated rings. The van der Waals surface area contributed by atoms with E-state index in [1.807, 2.05) is 45.9 Å². The monoisotopic (exact) mass is 638 g/mol. The van der Waals surface area contributed by atoms with Crippen molar-refractivity contribution in [3.8, 4) is 0 Å². The van der Waals surface area contributed by atoms with Gasteiger partial charge in [-0.2, -0.15) is 0 Å². The van der Waals surface area contributed by atoms with Crippen molar-refractivity contribution >= 4 is 23.5 Å². The lowest BCUT2D eigenvalue weighted by Crippen LogP contribution is -2.42. The standard InChI is InChI=1S/C34H51ClO9/c1-22(13-7-9-16-30(39)44-29-20-24(33(42)43)17-18-27(29)37)12-6-8-15-26(35)23(2)31(40)32(41)28(38)21-25(36)14-10-11-19-34(3,4)5/h7,9-16,19,23-25,27-29,31-32,36-38,40-41H,6,8,17-18,20-21H2,1-5H3,(H,42,43)/b13-7+,14-10+,16-9+,19-11+,22-12+,26-15-. The van der Waals surface area contributed by atoms with Crippen molar-refractivity contribution in [3.05, 3.63) is 71.4 Å². The number of carboxylic acid groups (broad SMARTS) is 1. The molecule has 44 heavy (non-hydrogen) atoms. The molecule has 0 aliphatic heterocycles. The molecule has 1 saturated carbocycles. The number of hydrogen-bond donors (Lipinski definition) is 6. The summed E-state index contributed by atoms with van der Waals surface area (Å²) in [7, 11) is 0. The summed E-state index contributed by atoms with van der Waals surface area (Å²) in [6.07, 6.45) is 11.7. The van der Waals surface area contributed by atoms with E-state index in [4.69, 9.17) is 21.4 Å². The molecular weight excluding hydrogens is 588 g/mol. The van der Waals surface area contributed by atoms with Crippen molar-refractivity contribution in [1.29, 1.82) is 0 Å². The molecule has 0 aromatic rings. The first-order chi connectivity index (χ1) is 20.5. The molecule has 6 N–H and O–H groups in total. The molecule has 0 spiro atoms. The number of allylic oxidation sites excluding steroid dienone is 9. The molecule has 0 bridgehead atoms. The van der Waals surface area contributed by atoms with Gasteiger partial charge in [0.05, 0.1) is 30.3 Å². The maximum atomic E-state index is 12.1. The maximum Gasteiger partial charge on any atom is 0.331 e. The summed E-state index contributed by atoms with van der Waals surface area (Å²) in [5, 5.41) is 60.9. The average Bonchev–Trinajstić information content (AvgIpc) is 2.94. The summed E-state index contributed by atoms with van der Waals surface area (Å²) in [5.74, 6) is -2.89. The summed E-state index contributed by atoms with van der Waals surface area (Å²) in [6, 6.07) is 0. The minimum atomic E-state index is -1.49. The number of carbonyl (C=O) groups is 2. The molecule has 10 heteroatoms. The zero-order valence-corrected chi connectivity index (χ0v) is 27.2. The normalized spacial score (nSPS) is 24.2. The van der Waals surface area contributed by atoms with E-state index < -0.39 is 60.4 Å². The lowest BCUT2D eigenvalue weighted by Gasteiger charge is -2.30. The Hall–Kier alpha value is -2.53. The van der Waals surface area contributed by atoms with Crippen LogP contribution in [0.3, 0.4) is 0 Å². The Morgan fingerprint density at radius 2 is 1.59 bits per heavy atom. The SMILES string of the molecule is CC(/C=C/C=C/C(=O)OC1CC(C(=O)O)CCC1O)=C\CC/C=C(\Cl)C(C)C(O)C(O)C(O)CC(O)/C=C/C=C/C(C)(C)C. The van der Waals surface area contributed by atoms with E-state index in [0.717, 1.165) is 5.57 Å². The Morgan fingerprint density at radius 3 is 2.23 bits per heavy atom. The quantitative estimate of drug-likeness (QED) is 0.0606. The lowest BCUT2D eigenvalue weighted by atomic mass is 9.85. The minimum absolute atomic E-state index is 0.00119. The molecule has 0 saturated heterocycles. The van der Waals surface area contributed by atoms with E-state index in [2.05, 4.69) is 0 Å². The Morgan fingerprint density at radius 1 is 0.955 bits per heavy atom. The van der Waals surface area contributed by atoms with Gasteiger partial charge in [-0.1, -0.05) is 99.6 Å². The molecule has 8 atom stereocenters. The summed E-state index contributed by atoms with van der Waals surface area (Å²) in [6.45, 7) is 9.67. The zero-order valence-electron chi connectivity index (χ0n) is 26.4. The number of aliphatic hydroxyl groups is 5. The fourth-order valence-electron chi connectivity index (χ4n) is 4.47. The van der Waals surface area contributed by atoms with E-state index in [1.54, 1.807) is 31.2 Å². The van der Waals surface area contributed by atoms with Crippen molar-refractivity contribution in [1.82, 2.24) is 0 Å². The number of unbranched alkanes of at least 4 members (excludes halogenated alkanes) is 1. The molecule has 0 aromatic carbocycles. The Balaban J connectivity index is 2.50. The minimum Gasteiger partial charge on any atom is -0.481 e. The van der Waals surface area contributed by atoms with Crippen LogP contribution in [0.1, 0.15) is 73.1 Å². The van der Waals surface area contributed by atoms with Crippen LogP contribution in [0.5, 0.6) is 0 Å². The summed E-state index contributed by atoms with van der Waals surface area (Å²) < 4.78 is 5.23. The highest BCUT2D eigenvalue weighted by molar-refractivity contribution is 6.29. The number of aliphatic carboxylic acids is 1. The molecular formula is C34H51ClO9. The van der Waals surface area contributed by atoms with Gasteiger partial charge in [-0.05, 0) is 38.0 Å². The Kier molecular flexibility index (Phi) is 17.7. The van der Waals surface area contributed by atoms with Crippen molar-refractivity contribution in [2.24, 2.45) is 17.3 Å². The highest BCUT2D eigenvalue weighted by atomic mass is 35.5. The molecule has 248 valence electrons. The summed E-state index contributed by atoms with van der Waals surface area (Å²) in [4.78, 5) is 23.2. The van der Waals surface area contributed by atoms with Crippen LogP contribution < -0.4 is 0 Å². The number of esters is 1. The first-order valence-electron chi connectivity index (χ1n) is 15.1. The molecule has 0 heterocycles. The van der Waals surface area contributed by atoms with Crippen molar-refractivity contribution in [2.45, 2.75) is 110 Å². The van der Waals surface area contributed by atoms with E-state index in [9.17, 15) is 35.1 Å². The third kappa shape index (κ3) is 16.0. The third-order valence-corrected chi connectivity index (χ3v) is 7.76. The third-order valence-electron chi connectivity index (χ3n) is 7.26. The lowest BCUT2D eigenvalue weighted by molar-refractivity contribution is -0.159. The predicted molar refractivity (Wildman–Crippen MR) is 172 cm³/mol. The number of aliphatic hydroxyl groups excluding tert-OH is 5. The van der Waals surface area contributed by atoms with Gasteiger partial charge in [-0.25, -0.2) is 4.79 Å². The molecule has 8 unspecified atom stereocenters. The maximum absolute atomic E-state index is 12.1. The van der Waals surface area contributed by atoms with E-state index in [1.165, 1.54) is 18.2 Å². The molecule has 9 nitrogen and oxygen atoms in total. The van der Waals surface area contributed by atoms with Crippen molar-refractivity contribution in [2.75, 3.05) is 0 Å². The number of carboxylic acids is 1. The van der Waals surface area contributed by atoms with Gasteiger partial charge < -0.3 is 35.4 Å². The zero-order chi connectivity index (χ0) is 33.4. The van der Waals surface area contributed by atoms with Gasteiger partial charge >= 0.3 is 11.9 Å². The molecule has 1 rings (SSSR count). The van der Waals surface area contributed by atoms with Gasteiger partial charge in [-0.3, -0.25) is 4.79 Å². The molecule has 0 aromatic heterocycles. The van der Waals surface area contributed by atoms with Crippen LogP contribution in [0.25, 0.3) is 0 Å². The summed E-state index contributed by atoms with van der Waals surface area (Å²) in [5.41, 5.74) is 0.925. The van der Waals surface area contributed by atoms with Crippen LogP contribution in [0.2, 0.25) is 0 Å². The van der Waals surface area contributed by atoms with E-state index in [0.29, 0.717) is 24.3 Å². The second-order valence-electron chi connectivity index (χ2n) is 12.5. The number of halogens is 1. The number of rotatable bonds is 16. The average molecular weight is 639 g/mol. The predicted octanol–water partition coefficient (Wildman–Crippen LogP) is 4.73. The number of ether oxygens (including phenoxy) is 1. The van der Waals surface area contributed by atoms with Gasteiger partial charge in [0.2, 0.25) is 0 Å². The smallest absolute Gasteiger partial charge is 0.331 e. The van der Waals surface area contributed by atoms with Gasteiger partial charge in [0.25, 0.3) is 0 Å². The summed E-state index contributed by atoms with van der Waals surface area (Å²) >= 11 is 6.36. The van der Waals surface area contributed by atoms with Gasteiger partial charge in [0.15, 0.2) is 0 Å². The molecule has 1 aliphatic rings. The number of hydrogen-bond acceptors (Lipinski definition) is 8. The van der Waals surface area contributed by atoms with E-state index >= 15 is 0 Å². The van der Waals surface area contributed by atoms with Gasteiger partial charge in [-0.15, -0.1) is 0 Å². The largest absolute Gasteiger partial charge is 0.481 e. The van der Waals surface area contributed by atoms with Crippen molar-refractivity contribution < 1.29 is 45.0 Å². The van der Waals surface area contributed by atoms with Gasteiger partial charge in [0, 0.05) is 29.9 Å². The number of carbonyl (C=O) groups excluding carboxylic acids is 1. The van der Waals surface area contributed by atoms with E-state index in [-0.39, 0.29) is 24.7 Å². The van der Waals surface area contributed by atoms with Crippen LogP contribution in [0, 0.1) is 17.3 Å². The molecule has 0 radical (unpaired) electrons. The fraction of sp³-hybridized carbons (Fsp3) is 0.588. The fourth-order valence-corrected chi connectivity index (χ4v) is 4.71. The highest BCUT2D eigenvalue weighted by Gasteiger charge is 2.35. The molecule has 0 amide bonds. The van der Waals surface area contributed by atoms with Crippen LogP contribution >= 0.6 is 11.6 Å². The second-order valence-corrected chi connectivity index (χ2v) is 12.9. The van der Waals surface area contributed by atoms with Crippen LogP contribution in [0.4, 0.5) is 0 Å².